The van der Waals surface area contributed by atoms with Gasteiger partial charge in [0.25, 0.3) is 0 Å². The van der Waals surface area contributed by atoms with Crippen molar-refractivity contribution < 1.29 is 0 Å². The zero-order valence-corrected chi connectivity index (χ0v) is 11.6. The van der Waals surface area contributed by atoms with Crippen LogP contribution >= 0.6 is 0 Å². The summed E-state index contributed by atoms with van der Waals surface area (Å²) < 4.78 is 0. The molecule has 3 nitrogen and oxygen atoms in total. The molecule has 0 atom stereocenters. The predicted molar refractivity (Wildman–Crippen MR) is 77.0 cm³/mol. The number of nitrogens with zero attached hydrogens (tertiary/aromatic N) is 2. The van der Waals surface area contributed by atoms with Crippen LogP contribution in [0.15, 0.2) is 35.3 Å². The zero-order valence-electron chi connectivity index (χ0n) is 11.6. The van der Waals surface area contributed by atoms with Gasteiger partial charge in [-0.25, -0.2) is 0 Å². The molecular weight excluding hydrogens is 222 g/mol. The van der Waals surface area contributed by atoms with Crippen LogP contribution in [0.4, 0.5) is 0 Å². The van der Waals surface area contributed by atoms with Crippen LogP contribution in [0.25, 0.3) is 0 Å². The van der Waals surface area contributed by atoms with Crippen molar-refractivity contribution in [1.82, 2.24) is 10.2 Å². The van der Waals surface area contributed by atoms with Gasteiger partial charge >= 0.3 is 0 Å². The molecule has 3 heteroatoms. The van der Waals surface area contributed by atoms with Gasteiger partial charge < -0.3 is 10.2 Å². The molecule has 1 saturated carbocycles. The van der Waals surface area contributed by atoms with Gasteiger partial charge in [-0.15, -0.1) is 0 Å². The number of hydrogen-bond acceptors (Lipinski definition) is 1. The Kier molecular flexibility index (Phi) is 3.90. The van der Waals surface area contributed by atoms with Gasteiger partial charge in [-0.05, 0) is 18.4 Å². The fourth-order valence-electron chi connectivity index (χ4n) is 2.65. The van der Waals surface area contributed by atoms with Crippen LogP contribution in [0.2, 0.25) is 0 Å². The van der Waals surface area contributed by atoms with Gasteiger partial charge in [0, 0.05) is 33.1 Å². The summed E-state index contributed by atoms with van der Waals surface area (Å²) in [6.07, 6.45) is 3.88. The van der Waals surface area contributed by atoms with E-state index in [0.717, 1.165) is 12.5 Å². The van der Waals surface area contributed by atoms with Crippen LogP contribution in [0.5, 0.6) is 0 Å². The van der Waals surface area contributed by atoms with Crippen LogP contribution in [0.1, 0.15) is 24.8 Å². The molecule has 0 heterocycles. The number of hydrogen-bond donors (Lipinski definition) is 1. The van der Waals surface area contributed by atoms with Gasteiger partial charge in [-0.2, -0.15) is 0 Å². The Balaban J connectivity index is 2.06. The van der Waals surface area contributed by atoms with Crippen molar-refractivity contribution in [2.75, 3.05) is 27.7 Å². The van der Waals surface area contributed by atoms with E-state index in [9.17, 15) is 0 Å². The molecule has 1 aliphatic carbocycles. The average molecular weight is 245 g/mol. The number of aliphatic imine (C=N–C) groups is 1. The van der Waals surface area contributed by atoms with Crippen LogP contribution in [0, 0.1) is 0 Å². The summed E-state index contributed by atoms with van der Waals surface area (Å²) >= 11 is 0. The van der Waals surface area contributed by atoms with E-state index in [1.54, 1.807) is 0 Å². The van der Waals surface area contributed by atoms with E-state index in [1.807, 2.05) is 26.0 Å². The topological polar surface area (TPSA) is 27.6 Å². The van der Waals surface area contributed by atoms with E-state index in [4.69, 9.17) is 0 Å². The lowest BCUT2D eigenvalue weighted by molar-refractivity contribution is 0.242. The van der Waals surface area contributed by atoms with Gasteiger partial charge in [0.1, 0.15) is 0 Å². The summed E-state index contributed by atoms with van der Waals surface area (Å²) in [6, 6.07) is 10.9. The third-order valence-electron chi connectivity index (χ3n) is 3.92. The second-order valence-corrected chi connectivity index (χ2v) is 5.30. The van der Waals surface area contributed by atoms with Crippen molar-refractivity contribution in [2.24, 2.45) is 4.99 Å². The van der Waals surface area contributed by atoms with Gasteiger partial charge in [-0.1, -0.05) is 36.8 Å². The van der Waals surface area contributed by atoms with E-state index in [1.165, 1.54) is 24.8 Å². The molecule has 0 aliphatic heterocycles. The molecule has 2 rings (SSSR count). The molecule has 0 spiro atoms. The molecule has 98 valence electrons. The molecule has 0 unspecified atom stereocenters. The minimum Gasteiger partial charge on any atom is -0.355 e. The molecule has 1 fully saturated rings. The van der Waals surface area contributed by atoms with Gasteiger partial charge in [0.15, 0.2) is 5.96 Å². The SMILES string of the molecule is CN=C(NCC1(c2ccccc2)CCC1)N(C)C. The van der Waals surface area contributed by atoms with Crippen LogP contribution < -0.4 is 5.32 Å². The first kappa shape index (κ1) is 12.9. The Hall–Kier alpha value is -1.51. The van der Waals surface area contributed by atoms with E-state index in [0.29, 0.717) is 5.41 Å². The fraction of sp³-hybridized carbons (Fsp3) is 0.533. The van der Waals surface area contributed by atoms with E-state index in [2.05, 4.69) is 40.6 Å². The summed E-state index contributed by atoms with van der Waals surface area (Å²) in [5.41, 5.74) is 1.77. The first-order valence-corrected chi connectivity index (χ1v) is 6.61. The second-order valence-electron chi connectivity index (χ2n) is 5.30. The molecule has 18 heavy (non-hydrogen) atoms. The maximum Gasteiger partial charge on any atom is 0.193 e. The molecule has 0 radical (unpaired) electrons. The van der Waals surface area contributed by atoms with Crippen LogP contribution in [-0.2, 0) is 5.41 Å². The Bertz CT molecular complexity index is 405. The smallest absolute Gasteiger partial charge is 0.193 e. The van der Waals surface area contributed by atoms with Crippen molar-refractivity contribution in [1.29, 1.82) is 0 Å². The molecule has 1 aliphatic rings. The van der Waals surface area contributed by atoms with Crippen molar-refractivity contribution in [3.63, 3.8) is 0 Å². The summed E-state index contributed by atoms with van der Waals surface area (Å²) in [7, 11) is 5.87. The molecule has 1 aromatic rings. The lowest BCUT2D eigenvalue weighted by Gasteiger charge is -2.43. The Morgan fingerprint density at radius 3 is 2.39 bits per heavy atom. The van der Waals surface area contributed by atoms with Crippen LogP contribution in [0.3, 0.4) is 0 Å². The number of rotatable bonds is 3. The highest BCUT2D eigenvalue weighted by molar-refractivity contribution is 5.79. The van der Waals surface area contributed by atoms with Gasteiger partial charge in [-0.3, -0.25) is 4.99 Å². The van der Waals surface area contributed by atoms with Gasteiger partial charge in [0.05, 0.1) is 0 Å². The predicted octanol–water partition coefficient (Wildman–Crippen LogP) is 2.25. The molecule has 0 bridgehead atoms. The Morgan fingerprint density at radius 1 is 1.28 bits per heavy atom. The minimum atomic E-state index is 0.313. The molecule has 1 aromatic carbocycles. The third kappa shape index (κ3) is 2.50. The summed E-state index contributed by atoms with van der Waals surface area (Å²) in [6.45, 7) is 0.974. The second kappa shape index (κ2) is 5.42. The highest BCUT2D eigenvalue weighted by Gasteiger charge is 2.38. The maximum atomic E-state index is 4.27. The molecule has 1 N–H and O–H groups in total. The Labute approximate surface area is 110 Å². The number of nitrogens with one attached hydrogen (secondary N) is 1. The lowest BCUT2D eigenvalue weighted by atomic mass is 9.64. The fourth-order valence-corrected chi connectivity index (χ4v) is 2.65. The van der Waals surface area contributed by atoms with Crippen molar-refractivity contribution in [2.45, 2.75) is 24.7 Å². The first-order valence-electron chi connectivity index (χ1n) is 6.61. The maximum absolute atomic E-state index is 4.27. The summed E-state index contributed by atoms with van der Waals surface area (Å²) in [4.78, 5) is 6.30. The van der Waals surface area contributed by atoms with Crippen molar-refractivity contribution >= 4 is 5.96 Å². The van der Waals surface area contributed by atoms with E-state index in [-0.39, 0.29) is 0 Å². The van der Waals surface area contributed by atoms with Gasteiger partial charge in [0.2, 0.25) is 0 Å². The average Bonchev–Trinajstić information content (AvgIpc) is 2.33. The highest BCUT2D eigenvalue weighted by Crippen LogP contribution is 2.43. The first-order chi connectivity index (χ1) is 8.68. The standard InChI is InChI=1S/C15H23N3/c1-16-14(18(2)3)17-12-15(10-7-11-15)13-8-5-4-6-9-13/h4-6,8-9H,7,10-12H2,1-3H3,(H,16,17). The monoisotopic (exact) mass is 245 g/mol. The molecular formula is C15H23N3. The van der Waals surface area contributed by atoms with E-state index < -0.39 is 0 Å². The quantitative estimate of drug-likeness (QED) is 0.653. The minimum absolute atomic E-state index is 0.313. The molecule has 0 saturated heterocycles. The summed E-state index contributed by atoms with van der Waals surface area (Å²) in [5.74, 6) is 0.956. The lowest BCUT2D eigenvalue weighted by Crippen LogP contribution is -2.48. The number of benzene rings is 1. The normalized spacial score (nSPS) is 18.1. The third-order valence-corrected chi connectivity index (χ3v) is 3.92. The van der Waals surface area contributed by atoms with Crippen molar-refractivity contribution in [3.8, 4) is 0 Å². The largest absolute Gasteiger partial charge is 0.355 e. The Morgan fingerprint density at radius 2 is 1.94 bits per heavy atom. The van der Waals surface area contributed by atoms with Crippen LogP contribution in [-0.4, -0.2) is 38.5 Å². The van der Waals surface area contributed by atoms with Crippen molar-refractivity contribution in [3.05, 3.63) is 35.9 Å². The number of guanidine groups is 1. The van der Waals surface area contributed by atoms with E-state index >= 15 is 0 Å². The summed E-state index contributed by atoms with van der Waals surface area (Å²) in [5, 5.41) is 3.49. The highest BCUT2D eigenvalue weighted by atomic mass is 15.3. The molecule has 0 aromatic heterocycles. The molecule has 0 amide bonds. The zero-order chi connectivity index (χ0) is 13.0.